The van der Waals surface area contributed by atoms with Crippen molar-refractivity contribution in [2.24, 2.45) is 0 Å². The van der Waals surface area contributed by atoms with E-state index < -0.39 is 0 Å². The topological polar surface area (TPSA) is 47.3 Å². The van der Waals surface area contributed by atoms with Gasteiger partial charge in [0.15, 0.2) is 0 Å². The van der Waals surface area contributed by atoms with Gasteiger partial charge in [-0.1, -0.05) is 60.7 Å². The summed E-state index contributed by atoms with van der Waals surface area (Å²) in [5, 5.41) is 9.69. The molecule has 0 radical (unpaired) electrons. The van der Waals surface area contributed by atoms with Gasteiger partial charge in [0, 0.05) is 18.2 Å². The Morgan fingerprint density at radius 2 is 1.42 bits per heavy atom. The first-order valence-corrected chi connectivity index (χ1v) is 10.3. The van der Waals surface area contributed by atoms with Crippen LogP contribution in [-0.2, 0) is 13.2 Å². The number of aromatic hydroxyl groups is 1. The van der Waals surface area contributed by atoms with Crippen LogP contribution in [0.1, 0.15) is 11.1 Å². The predicted octanol–water partition coefficient (Wildman–Crippen LogP) is 6.04. The zero-order chi connectivity index (χ0) is 21.0. The summed E-state index contributed by atoms with van der Waals surface area (Å²) >= 11 is 0. The Morgan fingerprint density at radius 3 is 2.13 bits per heavy atom. The number of rotatable bonds is 6. The van der Waals surface area contributed by atoms with Crippen LogP contribution in [0.2, 0.25) is 0 Å². The number of nitrogens with zero attached hydrogens (tertiary/aromatic N) is 2. The molecule has 0 unspecified atom stereocenters. The maximum Gasteiger partial charge on any atom is 0.141 e. The zero-order valence-electron chi connectivity index (χ0n) is 17.0. The fourth-order valence-corrected chi connectivity index (χ4v) is 3.70. The highest BCUT2D eigenvalue weighted by Crippen LogP contribution is 2.29. The predicted molar refractivity (Wildman–Crippen MR) is 123 cm³/mol. The summed E-state index contributed by atoms with van der Waals surface area (Å²) in [6, 6.07) is 33.7. The third-order valence-corrected chi connectivity index (χ3v) is 5.28. The summed E-state index contributed by atoms with van der Waals surface area (Å²) in [5.74, 6) is 1.89. The van der Waals surface area contributed by atoms with Gasteiger partial charge in [-0.15, -0.1) is 0 Å². The molecule has 152 valence electrons. The Labute approximate surface area is 181 Å². The summed E-state index contributed by atoms with van der Waals surface area (Å²) in [6.07, 6.45) is 0. The second-order valence-electron chi connectivity index (χ2n) is 7.48. The lowest BCUT2D eigenvalue weighted by Gasteiger charge is -2.10. The van der Waals surface area contributed by atoms with Gasteiger partial charge in [-0.2, -0.15) is 0 Å². The lowest BCUT2D eigenvalue weighted by molar-refractivity contribution is 0.306. The van der Waals surface area contributed by atoms with E-state index in [0.29, 0.717) is 13.2 Å². The second-order valence-corrected chi connectivity index (χ2v) is 7.48. The minimum atomic E-state index is 0.242. The molecular formula is C27H22N2O2. The number of hydrogen-bond donors (Lipinski definition) is 1. The Morgan fingerprint density at radius 1 is 0.742 bits per heavy atom. The Balaban J connectivity index is 1.53. The van der Waals surface area contributed by atoms with E-state index in [2.05, 4.69) is 34.9 Å². The number of phenolic OH excluding ortho intramolecular Hbond substituents is 1. The molecule has 4 heteroatoms. The van der Waals surface area contributed by atoms with E-state index in [1.54, 1.807) is 12.1 Å². The van der Waals surface area contributed by atoms with Gasteiger partial charge in [0.05, 0.1) is 11.0 Å². The van der Waals surface area contributed by atoms with Crippen molar-refractivity contribution in [3.05, 3.63) is 114 Å². The van der Waals surface area contributed by atoms with E-state index in [0.717, 1.165) is 33.7 Å². The second kappa shape index (κ2) is 8.36. The van der Waals surface area contributed by atoms with Crippen molar-refractivity contribution in [3.8, 4) is 22.9 Å². The molecule has 0 aliphatic heterocycles. The first kappa shape index (κ1) is 18.9. The molecule has 0 saturated carbocycles. The molecule has 4 aromatic carbocycles. The molecule has 0 aliphatic carbocycles. The molecule has 1 heterocycles. The Bertz CT molecular complexity index is 1290. The summed E-state index contributed by atoms with van der Waals surface area (Å²) in [6.45, 7) is 1.22. The van der Waals surface area contributed by atoms with E-state index in [-0.39, 0.29) is 5.75 Å². The first-order chi connectivity index (χ1) is 15.3. The zero-order valence-corrected chi connectivity index (χ0v) is 17.0. The molecule has 0 bridgehead atoms. The van der Waals surface area contributed by atoms with Crippen LogP contribution in [0, 0.1) is 0 Å². The average Bonchev–Trinajstić information content (AvgIpc) is 3.17. The van der Waals surface area contributed by atoms with Crippen LogP contribution < -0.4 is 4.74 Å². The molecular weight excluding hydrogens is 384 g/mol. The van der Waals surface area contributed by atoms with Gasteiger partial charge in [0.1, 0.15) is 23.9 Å². The fourth-order valence-electron chi connectivity index (χ4n) is 3.70. The third kappa shape index (κ3) is 4.14. The van der Waals surface area contributed by atoms with Crippen LogP contribution in [0.4, 0.5) is 0 Å². The quantitative estimate of drug-likeness (QED) is 0.374. The van der Waals surface area contributed by atoms with E-state index in [1.807, 2.05) is 60.7 Å². The lowest BCUT2D eigenvalue weighted by Crippen LogP contribution is -2.02. The summed E-state index contributed by atoms with van der Waals surface area (Å²) in [4.78, 5) is 4.93. The van der Waals surface area contributed by atoms with E-state index >= 15 is 0 Å². The number of benzene rings is 4. The van der Waals surface area contributed by atoms with Crippen LogP contribution in [-0.4, -0.2) is 14.7 Å². The number of ether oxygens (including phenoxy) is 1. The highest BCUT2D eigenvalue weighted by atomic mass is 16.5. The van der Waals surface area contributed by atoms with Crippen molar-refractivity contribution >= 4 is 11.0 Å². The van der Waals surface area contributed by atoms with Gasteiger partial charge < -0.3 is 14.4 Å². The fraction of sp³-hybridized carbons (Fsp3) is 0.0741. The van der Waals surface area contributed by atoms with Gasteiger partial charge in [-0.25, -0.2) is 4.98 Å². The highest BCUT2D eigenvalue weighted by Gasteiger charge is 2.14. The molecule has 0 atom stereocenters. The highest BCUT2D eigenvalue weighted by molar-refractivity contribution is 5.82. The molecule has 0 amide bonds. The first-order valence-electron chi connectivity index (χ1n) is 10.3. The number of hydrogen-bond acceptors (Lipinski definition) is 3. The number of fused-ring (bicyclic) bond motifs is 1. The summed E-state index contributed by atoms with van der Waals surface area (Å²) < 4.78 is 8.21. The molecule has 5 rings (SSSR count). The van der Waals surface area contributed by atoms with Crippen LogP contribution >= 0.6 is 0 Å². The van der Waals surface area contributed by atoms with Gasteiger partial charge >= 0.3 is 0 Å². The molecule has 4 nitrogen and oxygen atoms in total. The smallest absolute Gasteiger partial charge is 0.141 e. The maximum absolute atomic E-state index is 9.69. The van der Waals surface area contributed by atoms with Crippen LogP contribution in [0.25, 0.3) is 22.4 Å². The van der Waals surface area contributed by atoms with Crippen molar-refractivity contribution in [3.63, 3.8) is 0 Å². The number of aromatic nitrogens is 2. The average molecular weight is 406 g/mol. The maximum atomic E-state index is 9.69. The molecule has 0 fully saturated rings. The van der Waals surface area contributed by atoms with Crippen LogP contribution in [0.5, 0.6) is 11.5 Å². The van der Waals surface area contributed by atoms with Gasteiger partial charge in [-0.05, 0) is 47.5 Å². The molecule has 0 aliphatic rings. The Kier molecular flexibility index (Phi) is 5.11. The number of phenols is 1. The largest absolute Gasteiger partial charge is 0.508 e. The van der Waals surface area contributed by atoms with Gasteiger partial charge in [-0.3, -0.25) is 0 Å². The van der Waals surface area contributed by atoms with Crippen LogP contribution in [0.3, 0.4) is 0 Å². The molecule has 0 saturated heterocycles. The van der Waals surface area contributed by atoms with Gasteiger partial charge in [0.2, 0.25) is 0 Å². The number of imidazole rings is 1. The van der Waals surface area contributed by atoms with E-state index in [9.17, 15) is 5.11 Å². The Hall–Kier alpha value is -4.05. The molecule has 1 N–H and O–H groups in total. The third-order valence-electron chi connectivity index (χ3n) is 5.28. The monoisotopic (exact) mass is 406 g/mol. The summed E-state index contributed by atoms with van der Waals surface area (Å²) in [7, 11) is 0. The standard InChI is InChI=1S/C27H22N2O2/c30-23-13-11-22(12-14-23)27-28-25-17-24(31-19-21-9-5-2-6-10-21)15-16-26(25)29(27)18-20-7-3-1-4-8-20/h1-17,30H,18-19H2. The lowest BCUT2D eigenvalue weighted by atomic mass is 10.2. The minimum Gasteiger partial charge on any atom is -0.508 e. The minimum absolute atomic E-state index is 0.242. The molecule has 1 aromatic heterocycles. The van der Waals surface area contributed by atoms with Crippen molar-refractivity contribution in [2.45, 2.75) is 13.2 Å². The van der Waals surface area contributed by atoms with Crippen molar-refractivity contribution < 1.29 is 9.84 Å². The van der Waals surface area contributed by atoms with E-state index in [1.165, 1.54) is 5.56 Å². The van der Waals surface area contributed by atoms with Crippen molar-refractivity contribution in [1.82, 2.24) is 9.55 Å². The summed E-state index contributed by atoms with van der Waals surface area (Å²) in [5.41, 5.74) is 5.20. The van der Waals surface area contributed by atoms with Crippen molar-refractivity contribution in [1.29, 1.82) is 0 Å². The van der Waals surface area contributed by atoms with E-state index in [4.69, 9.17) is 9.72 Å². The normalized spacial score (nSPS) is 11.0. The van der Waals surface area contributed by atoms with Crippen molar-refractivity contribution in [2.75, 3.05) is 0 Å². The molecule has 0 spiro atoms. The molecule has 31 heavy (non-hydrogen) atoms. The van der Waals surface area contributed by atoms with Gasteiger partial charge in [0.25, 0.3) is 0 Å². The van der Waals surface area contributed by atoms with Crippen LogP contribution in [0.15, 0.2) is 103 Å². The SMILES string of the molecule is Oc1ccc(-c2nc3cc(OCc4ccccc4)ccc3n2Cc2ccccc2)cc1. The molecule has 5 aromatic rings.